The Morgan fingerprint density at radius 2 is 2.00 bits per heavy atom. The van der Waals surface area contributed by atoms with Crippen molar-refractivity contribution in [1.29, 1.82) is 0 Å². The first-order valence-corrected chi connectivity index (χ1v) is 7.64. The normalized spacial score (nSPS) is 25.0. The van der Waals surface area contributed by atoms with Crippen LogP contribution in [0, 0.1) is 5.82 Å². The van der Waals surface area contributed by atoms with E-state index in [1.807, 2.05) is 0 Å². The second-order valence-electron chi connectivity index (χ2n) is 5.76. The zero-order valence-electron chi connectivity index (χ0n) is 12.9. The molecule has 2 aliphatic heterocycles. The lowest BCUT2D eigenvalue weighted by Gasteiger charge is -2.44. The van der Waals surface area contributed by atoms with Gasteiger partial charge in [-0.05, 0) is 25.0 Å². The van der Waals surface area contributed by atoms with E-state index in [1.54, 1.807) is 13.1 Å². The number of benzene rings is 1. The SMILES string of the molecule is CN[N+]1(N2CCCCC2)C=C(C(=O)O)C(=O)c2cc(F)ccc21. The maximum absolute atomic E-state index is 13.6. The third-order valence-electron chi connectivity index (χ3n) is 4.48. The molecule has 23 heavy (non-hydrogen) atoms. The molecule has 122 valence electrons. The lowest BCUT2D eigenvalue weighted by atomic mass is 9.97. The summed E-state index contributed by atoms with van der Waals surface area (Å²) in [6.07, 6.45) is 4.51. The van der Waals surface area contributed by atoms with E-state index in [2.05, 4.69) is 10.4 Å². The number of hydrogen-bond acceptors (Lipinski definition) is 4. The van der Waals surface area contributed by atoms with Crippen LogP contribution in [0.25, 0.3) is 0 Å². The number of nitrogens with zero attached hydrogens (tertiary/aromatic N) is 2. The number of ketones is 1. The number of rotatable bonds is 3. The minimum Gasteiger partial charge on any atom is -0.477 e. The number of carbonyl (C=O) groups excluding carboxylic acids is 1. The zero-order chi connectivity index (χ0) is 16.6. The predicted octanol–water partition coefficient (Wildman–Crippen LogP) is 1.83. The highest BCUT2D eigenvalue weighted by Crippen LogP contribution is 2.36. The summed E-state index contributed by atoms with van der Waals surface area (Å²) in [7, 11) is 1.70. The summed E-state index contributed by atoms with van der Waals surface area (Å²) in [4.78, 5) is 23.9. The Labute approximate surface area is 133 Å². The van der Waals surface area contributed by atoms with E-state index in [9.17, 15) is 19.1 Å². The second kappa shape index (κ2) is 5.84. The summed E-state index contributed by atoms with van der Waals surface area (Å²) in [5.41, 5.74) is 3.41. The number of hydrogen-bond donors (Lipinski definition) is 2. The zero-order valence-corrected chi connectivity index (χ0v) is 12.9. The van der Waals surface area contributed by atoms with Crippen molar-refractivity contribution >= 4 is 17.4 Å². The Hall–Kier alpha value is -2.09. The molecule has 1 aromatic carbocycles. The van der Waals surface area contributed by atoms with E-state index in [0.29, 0.717) is 5.69 Å². The van der Waals surface area contributed by atoms with Crippen molar-refractivity contribution in [3.8, 4) is 0 Å². The summed E-state index contributed by atoms with van der Waals surface area (Å²) in [5, 5.41) is 11.5. The minimum absolute atomic E-state index is 0.0804. The van der Waals surface area contributed by atoms with Crippen molar-refractivity contribution in [1.82, 2.24) is 15.1 Å². The maximum atomic E-state index is 13.6. The summed E-state index contributed by atoms with van der Waals surface area (Å²) in [6, 6.07) is 3.95. The van der Waals surface area contributed by atoms with Gasteiger partial charge in [0.15, 0.2) is 17.5 Å². The van der Waals surface area contributed by atoms with Gasteiger partial charge in [0.1, 0.15) is 5.82 Å². The Balaban J connectivity index is 2.23. The van der Waals surface area contributed by atoms with Gasteiger partial charge in [0, 0.05) is 13.1 Å². The van der Waals surface area contributed by atoms with E-state index in [0.717, 1.165) is 38.4 Å². The molecule has 1 fully saturated rings. The average molecular weight is 320 g/mol. The van der Waals surface area contributed by atoms with E-state index in [-0.39, 0.29) is 15.8 Å². The number of carboxylic acids is 1. The molecule has 2 heterocycles. The van der Waals surface area contributed by atoms with Crippen LogP contribution in [0.1, 0.15) is 29.6 Å². The molecule has 0 saturated carbocycles. The lowest BCUT2D eigenvalue weighted by molar-refractivity contribution is -0.132. The molecule has 3 rings (SSSR count). The highest BCUT2D eigenvalue weighted by atomic mass is 19.1. The summed E-state index contributed by atoms with van der Waals surface area (Å²) >= 11 is 0. The van der Waals surface area contributed by atoms with Crippen LogP contribution < -0.4 is 10.1 Å². The molecule has 0 radical (unpaired) electrons. The molecule has 1 unspecified atom stereocenters. The molecule has 0 spiro atoms. The molecular weight excluding hydrogens is 301 g/mol. The van der Waals surface area contributed by atoms with Crippen molar-refractivity contribution in [2.24, 2.45) is 0 Å². The number of fused-ring (bicyclic) bond motifs is 1. The van der Waals surface area contributed by atoms with Gasteiger partial charge in [0.25, 0.3) is 0 Å². The topological polar surface area (TPSA) is 69.6 Å². The summed E-state index contributed by atoms with van der Waals surface area (Å²) < 4.78 is 13.6. The van der Waals surface area contributed by atoms with Crippen molar-refractivity contribution < 1.29 is 19.1 Å². The van der Waals surface area contributed by atoms with Gasteiger partial charge in [-0.3, -0.25) is 4.79 Å². The molecule has 0 amide bonds. The molecule has 0 aromatic heterocycles. The molecule has 1 atom stereocenters. The van der Waals surface area contributed by atoms with Crippen LogP contribution in [0.4, 0.5) is 10.1 Å². The largest absolute Gasteiger partial charge is 0.477 e. The van der Waals surface area contributed by atoms with Crippen molar-refractivity contribution in [3.63, 3.8) is 0 Å². The highest BCUT2D eigenvalue weighted by molar-refractivity contribution is 6.26. The van der Waals surface area contributed by atoms with Crippen molar-refractivity contribution in [2.45, 2.75) is 19.3 Å². The number of carboxylic acid groups (broad SMARTS) is 1. The van der Waals surface area contributed by atoms with Crippen LogP contribution in [-0.2, 0) is 4.79 Å². The molecule has 1 saturated heterocycles. The van der Waals surface area contributed by atoms with Crippen LogP contribution in [0.2, 0.25) is 0 Å². The standard InChI is InChI=1S/C16H18FN3O3/c1-18-20(19-7-3-2-4-8-19)10-13(16(22)23)15(21)12-9-11(17)5-6-14(12)20/h5-6,9-10,18H,2-4,7-8H2,1H3/p+1. The molecule has 7 heteroatoms. The first-order chi connectivity index (χ1) is 11.0. The van der Waals surface area contributed by atoms with Gasteiger partial charge in [-0.1, -0.05) is 6.42 Å². The molecular formula is C16H19FN3O3+. The van der Waals surface area contributed by atoms with Crippen LogP contribution in [0.15, 0.2) is 30.0 Å². The van der Waals surface area contributed by atoms with Crippen molar-refractivity contribution in [2.75, 3.05) is 20.1 Å². The summed E-state index contributed by atoms with van der Waals surface area (Å²) in [6.45, 7) is 1.52. The molecule has 0 bridgehead atoms. The fraction of sp³-hybridized carbons (Fsp3) is 0.375. The Morgan fingerprint density at radius 1 is 1.30 bits per heavy atom. The van der Waals surface area contributed by atoms with Gasteiger partial charge in [0.2, 0.25) is 5.78 Å². The van der Waals surface area contributed by atoms with Crippen LogP contribution in [0.3, 0.4) is 0 Å². The quantitative estimate of drug-likeness (QED) is 0.657. The van der Waals surface area contributed by atoms with E-state index >= 15 is 0 Å². The first-order valence-electron chi connectivity index (χ1n) is 7.64. The molecule has 0 aliphatic carbocycles. The number of piperidine rings is 1. The van der Waals surface area contributed by atoms with E-state index in [1.165, 1.54) is 12.3 Å². The Morgan fingerprint density at radius 3 is 2.61 bits per heavy atom. The lowest BCUT2D eigenvalue weighted by Crippen LogP contribution is -2.67. The molecule has 1 aromatic rings. The maximum Gasteiger partial charge on any atom is 0.345 e. The highest BCUT2D eigenvalue weighted by Gasteiger charge is 2.46. The number of aliphatic carboxylic acids is 1. The van der Waals surface area contributed by atoms with Crippen LogP contribution in [-0.4, -0.2) is 42.0 Å². The minimum atomic E-state index is -1.31. The fourth-order valence-corrected chi connectivity index (χ4v) is 3.35. The molecule has 2 aliphatic rings. The number of carbonyl (C=O) groups is 2. The number of nitrogens with one attached hydrogen (secondary N) is 1. The van der Waals surface area contributed by atoms with Gasteiger partial charge in [-0.25, -0.2) is 9.18 Å². The van der Waals surface area contributed by atoms with E-state index in [4.69, 9.17) is 0 Å². The summed E-state index contributed by atoms with van der Waals surface area (Å²) in [5.74, 6) is -2.52. The Bertz CT molecular complexity index is 698. The third kappa shape index (κ3) is 2.46. The fourth-order valence-electron chi connectivity index (χ4n) is 3.35. The van der Waals surface area contributed by atoms with Gasteiger partial charge in [-0.2, -0.15) is 0 Å². The number of halogens is 1. The van der Waals surface area contributed by atoms with Gasteiger partial charge < -0.3 is 5.11 Å². The van der Waals surface area contributed by atoms with Gasteiger partial charge >= 0.3 is 5.97 Å². The van der Waals surface area contributed by atoms with E-state index < -0.39 is 17.6 Å². The molecule has 6 nitrogen and oxygen atoms in total. The average Bonchev–Trinajstić information content (AvgIpc) is 2.56. The Kier molecular flexibility index (Phi) is 4.01. The van der Waals surface area contributed by atoms with Crippen molar-refractivity contribution in [3.05, 3.63) is 41.4 Å². The third-order valence-corrected chi connectivity index (χ3v) is 4.48. The monoisotopic (exact) mass is 320 g/mol. The second-order valence-corrected chi connectivity index (χ2v) is 5.76. The van der Waals surface area contributed by atoms with Crippen LogP contribution >= 0.6 is 0 Å². The van der Waals surface area contributed by atoms with Crippen LogP contribution in [0.5, 0.6) is 0 Å². The number of quaternary nitrogens is 1. The first kappa shape index (κ1) is 15.8. The van der Waals surface area contributed by atoms with Gasteiger partial charge in [-0.15, -0.1) is 15.1 Å². The number of Topliss-reactive ketones (excluding diaryl/α,β-unsaturated/α-hetero) is 1. The smallest absolute Gasteiger partial charge is 0.345 e. The molecule has 2 N–H and O–H groups in total. The predicted molar refractivity (Wildman–Crippen MR) is 82.7 cm³/mol. The van der Waals surface area contributed by atoms with Gasteiger partial charge in [0.05, 0.1) is 18.7 Å².